The third-order valence-electron chi connectivity index (χ3n) is 7.77. The van der Waals surface area contributed by atoms with Gasteiger partial charge in [-0.15, -0.1) is 11.3 Å². The number of thiophene rings is 1. The second-order valence-electron chi connectivity index (χ2n) is 10.1. The molecule has 1 saturated heterocycles. The van der Waals surface area contributed by atoms with Gasteiger partial charge in [0.1, 0.15) is 5.82 Å². The summed E-state index contributed by atoms with van der Waals surface area (Å²) < 4.78 is 13.2. The van der Waals surface area contributed by atoms with E-state index in [0.717, 1.165) is 24.9 Å². The van der Waals surface area contributed by atoms with E-state index in [1.54, 1.807) is 12.1 Å². The van der Waals surface area contributed by atoms with Crippen molar-refractivity contribution in [2.24, 2.45) is 0 Å². The molecular weight excluding hydrogens is 485 g/mol. The highest BCUT2D eigenvalue weighted by Gasteiger charge is 2.37. The number of hydrogen-bond acceptors (Lipinski definition) is 4. The van der Waals surface area contributed by atoms with Gasteiger partial charge in [0.25, 0.3) is 0 Å². The lowest BCUT2D eigenvalue weighted by molar-refractivity contribution is -0.138. The predicted octanol–water partition coefficient (Wildman–Crippen LogP) is 4.84. The molecule has 5 rings (SSSR count). The van der Waals surface area contributed by atoms with Gasteiger partial charge in [0.15, 0.2) is 0 Å². The van der Waals surface area contributed by atoms with Gasteiger partial charge >= 0.3 is 0 Å². The number of rotatable bonds is 5. The van der Waals surface area contributed by atoms with Crippen molar-refractivity contribution in [1.29, 1.82) is 0 Å². The van der Waals surface area contributed by atoms with Crippen LogP contribution in [0.4, 0.5) is 4.39 Å². The van der Waals surface area contributed by atoms with E-state index < -0.39 is 0 Å². The number of carbonyl (C=O) groups is 2. The Balaban J connectivity index is 1.28. The van der Waals surface area contributed by atoms with Gasteiger partial charge < -0.3 is 9.80 Å². The summed E-state index contributed by atoms with van der Waals surface area (Å²) >= 11 is 1.81. The van der Waals surface area contributed by atoms with Crippen molar-refractivity contribution in [1.82, 2.24) is 14.7 Å². The lowest BCUT2D eigenvalue weighted by atomic mass is 9.89. The highest BCUT2D eigenvalue weighted by molar-refractivity contribution is 7.10. The van der Waals surface area contributed by atoms with Crippen LogP contribution in [0.25, 0.3) is 0 Å². The monoisotopic (exact) mass is 519 g/mol. The van der Waals surface area contributed by atoms with Gasteiger partial charge in [0.05, 0.1) is 18.5 Å². The van der Waals surface area contributed by atoms with E-state index in [1.807, 2.05) is 28.1 Å². The topological polar surface area (TPSA) is 43.9 Å². The zero-order valence-corrected chi connectivity index (χ0v) is 22.3. The minimum Gasteiger partial charge on any atom is -0.341 e. The first kappa shape index (κ1) is 25.6. The Morgan fingerprint density at radius 1 is 0.946 bits per heavy atom. The van der Waals surface area contributed by atoms with Crippen molar-refractivity contribution in [3.05, 3.63) is 92.9 Å². The molecule has 3 heterocycles. The van der Waals surface area contributed by atoms with Crippen molar-refractivity contribution in [2.75, 3.05) is 32.7 Å². The first-order valence-corrected chi connectivity index (χ1v) is 14.0. The fourth-order valence-electron chi connectivity index (χ4n) is 5.67. The number of amides is 2. The van der Waals surface area contributed by atoms with Gasteiger partial charge in [-0.05, 0) is 72.5 Å². The van der Waals surface area contributed by atoms with Gasteiger partial charge in [-0.1, -0.05) is 36.4 Å². The fourth-order valence-corrected chi connectivity index (χ4v) is 6.58. The molecule has 0 N–H and O–H groups in total. The van der Waals surface area contributed by atoms with Crippen molar-refractivity contribution >= 4 is 23.2 Å². The number of fused-ring (bicyclic) bond motifs is 1. The Hall–Kier alpha value is -3.03. The van der Waals surface area contributed by atoms with E-state index >= 15 is 0 Å². The molecule has 2 aromatic carbocycles. The lowest BCUT2D eigenvalue weighted by Crippen LogP contribution is -2.51. The van der Waals surface area contributed by atoms with Crippen LogP contribution in [0.5, 0.6) is 0 Å². The van der Waals surface area contributed by atoms with Crippen LogP contribution in [-0.2, 0) is 22.4 Å². The van der Waals surface area contributed by atoms with Crippen LogP contribution >= 0.6 is 11.3 Å². The molecule has 2 aliphatic rings. The Bertz CT molecular complexity index is 1260. The van der Waals surface area contributed by atoms with Crippen molar-refractivity contribution in [3.8, 4) is 0 Å². The van der Waals surface area contributed by atoms with Crippen LogP contribution in [0.2, 0.25) is 0 Å². The zero-order valence-electron chi connectivity index (χ0n) is 21.5. The molecule has 0 saturated carbocycles. The third-order valence-corrected chi connectivity index (χ3v) is 8.77. The van der Waals surface area contributed by atoms with Crippen LogP contribution in [-0.4, -0.2) is 65.3 Å². The molecule has 2 amide bonds. The molecular formula is C30H34FN3O2S. The lowest BCUT2D eigenvalue weighted by Gasteiger charge is -2.41. The Morgan fingerprint density at radius 3 is 2.46 bits per heavy atom. The molecule has 194 valence electrons. The van der Waals surface area contributed by atoms with E-state index in [9.17, 15) is 14.0 Å². The Morgan fingerprint density at radius 2 is 1.68 bits per heavy atom. The summed E-state index contributed by atoms with van der Waals surface area (Å²) in [5.41, 5.74) is 4.62. The first-order valence-electron chi connectivity index (χ1n) is 13.1. The van der Waals surface area contributed by atoms with E-state index in [4.69, 9.17) is 0 Å². The van der Waals surface area contributed by atoms with Gasteiger partial charge in [-0.25, -0.2) is 4.39 Å². The summed E-state index contributed by atoms with van der Waals surface area (Å²) in [6.07, 6.45) is 1.96. The van der Waals surface area contributed by atoms with E-state index in [-0.39, 0.29) is 36.1 Å². The average Bonchev–Trinajstić information content (AvgIpc) is 3.25. The number of nitrogens with zero attached hydrogens (tertiary/aromatic N) is 3. The summed E-state index contributed by atoms with van der Waals surface area (Å²) in [6, 6.07) is 16.6. The van der Waals surface area contributed by atoms with Gasteiger partial charge in [0.2, 0.25) is 11.8 Å². The molecule has 0 spiro atoms. The molecule has 2 atom stereocenters. The third kappa shape index (κ3) is 5.48. The van der Waals surface area contributed by atoms with E-state index in [2.05, 4.69) is 47.5 Å². The molecule has 37 heavy (non-hydrogen) atoms. The zero-order chi connectivity index (χ0) is 25.9. The molecule has 0 unspecified atom stereocenters. The Kier molecular flexibility index (Phi) is 7.72. The second-order valence-corrected chi connectivity index (χ2v) is 11.1. The van der Waals surface area contributed by atoms with Gasteiger partial charge in [-0.2, -0.15) is 0 Å². The van der Waals surface area contributed by atoms with Crippen LogP contribution < -0.4 is 0 Å². The van der Waals surface area contributed by atoms with Gasteiger partial charge in [0, 0.05) is 37.6 Å². The SMILES string of the molecule is Cc1ccccc1[C@@H]1c2ccsc2CCN1[C@@H](C)C(=O)N1CCCN(C(=O)Cc2ccc(F)cc2)CC1. The minimum absolute atomic E-state index is 0.0228. The quantitative estimate of drug-likeness (QED) is 0.485. The molecule has 1 aromatic heterocycles. The summed E-state index contributed by atoms with van der Waals surface area (Å²) in [5, 5.41) is 2.16. The highest BCUT2D eigenvalue weighted by atomic mass is 32.1. The standard InChI is InChI=1S/C30H34FN3O2S/c1-21-6-3-4-7-25(21)29-26-13-19-37-27(26)12-16-34(29)22(2)30(36)33-15-5-14-32(17-18-33)28(35)20-23-8-10-24(31)11-9-23/h3-4,6-11,13,19,22,29H,5,12,14-18,20H2,1-2H3/t22-,29+/m0/s1. The maximum Gasteiger partial charge on any atom is 0.239 e. The average molecular weight is 520 g/mol. The maximum atomic E-state index is 13.8. The molecule has 2 aliphatic heterocycles. The number of carbonyl (C=O) groups excluding carboxylic acids is 2. The number of benzene rings is 2. The number of hydrogen-bond donors (Lipinski definition) is 0. The van der Waals surface area contributed by atoms with Crippen LogP contribution in [0.1, 0.15) is 46.5 Å². The van der Waals surface area contributed by atoms with Crippen molar-refractivity contribution in [3.63, 3.8) is 0 Å². The maximum absolute atomic E-state index is 13.8. The van der Waals surface area contributed by atoms with E-state index in [1.165, 1.54) is 33.7 Å². The van der Waals surface area contributed by atoms with E-state index in [0.29, 0.717) is 26.2 Å². The predicted molar refractivity (Wildman–Crippen MR) is 145 cm³/mol. The normalized spacial score (nSPS) is 19.3. The molecule has 7 heteroatoms. The largest absolute Gasteiger partial charge is 0.341 e. The Labute approximate surface area is 222 Å². The molecule has 0 aliphatic carbocycles. The summed E-state index contributed by atoms with van der Waals surface area (Å²) in [6.45, 7) is 7.36. The first-order chi connectivity index (χ1) is 17.9. The number of halogens is 1. The summed E-state index contributed by atoms with van der Waals surface area (Å²) in [4.78, 5) is 34.3. The minimum atomic E-state index is -0.303. The van der Waals surface area contributed by atoms with Crippen molar-refractivity contribution < 1.29 is 14.0 Å². The van der Waals surface area contributed by atoms with Crippen molar-refractivity contribution in [2.45, 2.75) is 45.2 Å². The molecule has 3 aromatic rings. The summed E-state index contributed by atoms with van der Waals surface area (Å²) in [5.74, 6) is -0.150. The summed E-state index contributed by atoms with van der Waals surface area (Å²) in [7, 11) is 0. The number of aryl methyl sites for hydroxylation is 1. The van der Waals surface area contributed by atoms with Crippen LogP contribution in [0.3, 0.4) is 0 Å². The van der Waals surface area contributed by atoms with Gasteiger partial charge in [-0.3, -0.25) is 14.5 Å². The molecule has 0 radical (unpaired) electrons. The van der Waals surface area contributed by atoms with Crippen LogP contribution in [0.15, 0.2) is 60.0 Å². The molecule has 5 nitrogen and oxygen atoms in total. The highest BCUT2D eigenvalue weighted by Crippen LogP contribution is 2.40. The molecule has 0 bridgehead atoms. The molecule has 1 fully saturated rings. The second kappa shape index (κ2) is 11.2. The smallest absolute Gasteiger partial charge is 0.239 e. The van der Waals surface area contributed by atoms with Crippen LogP contribution in [0, 0.1) is 12.7 Å². The fraction of sp³-hybridized carbons (Fsp3) is 0.400.